The van der Waals surface area contributed by atoms with E-state index < -0.39 is 17.7 Å². The van der Waals surface area contributed by atoms with Crippen molar-refractivity contribution >= 4 is 17.5 Å². The quantitative estimate of drug-likeness (QED) is 0.412. The molecule has 0 spiro atoms. The van der Waals surface area contributed by atoms with Gasteiger partial charge >= 0.3 is 0 Å². The van der Waals surface area contributed by atoms with Crippen LogP contribution in [0.15, 0.2) is 72.8 Å². The Labute approximate surface area is 209 Å². The molecule has 0 saturated carbocycles. The lowest BCUT2D eigenvalue weighted by atomic mass is 9.85. The number of amides is 2. The summed E-state index contributed by atoms with van der Waals surface area (Å²) in [6.45, 7) is 2.32. The molecule has 0 radical (unpaired) electrons. The smallest absolute Gasteiger partial charge is 0.231 e. The normalized spacial score (nSPS) is 16.3. The summed E-state index contributed by atoms with van der Waals surface area (Å²) in [7, 11) is 0. The molecule has 2 amide bonds. The van der Waals surface area contributed by atoms with Gasteiger partial charge < -0.3 is 10.6 Å². The molecule has 36 heavy (non-hydrogen) atoms. The third-order valence-electron chi connectivity index (χ3n) is 7.00. The van der Waals surface area contributed by atoms with Crippen LogP contribution in [0.2, 0.25) is 0 Å². The van der Waals surface area contributed by atoms with Crippen LogP contribution >= 0.6 is 0 Å². The number of aryl methyl sites for hydroxylation is 1. The summed E-state index contributed by atoms with van der Waals surface area (Å²) in [6, 6.07) is 24.0. The molecule has 0 bridgehead atoms. The Bertz CT molecular complexity index is 1370. The summed E-state index contributed by atoms with van der Waals surface area (Å²) in [5.41, 5.74) is 11.6. The first-order chi connectivity index (χ1) is 17.6. The van der Waals surface area contributed by atoms with Crippen molar-refractivity contribution in [1.29, 1.82) is 0 Å². The highest BCUT2D eigenvalue weighted by molar-refractivity contribution is 5.99. The Morgan fingerprint density at radius 1 is 1.06 bits per heavy atom. The third-order valence-corrected chi connectivity index (χ3v) is 7.00. The van der Waals surface area contributed by atoms with Gasteiger partial charge in [0, 0.05) is 17.2 Å². The zero-order valence-corrected chi connectivity index (χ0v) is 20.1. The molecule has 0 saturated heterocycles. The molecular weight excluding hydrogens is 452 g/mol. The molecule has 1 unspecified atom stereocenters. The lowest BCUT2D eigenvalue weighted by Gasteiger charge is -2.28. The van der Waals surface area contributed by atoms with Crippen LogP contribution < -0.4 is 10.6 Å². The molecule has 2 heterocycles. The number of carbonyl (C=O) groups is 2. The molecule has 1 aliphatic heterocycles. The average Bonchev–Trinajstić information content (AvgIpc) is 3.41. The van der Waals surface area contributed by atoms with E-state index in [1.807, 2.05) is 78.6 Å². The second kappa shape index (κ2) is 10.1. The first kappa shape index (κ1) is 23.4. The van der Waals surface area contributed by atoms with Crippen LogP contribution in [0, 0.1) is 11.8 Å². The number of fused-ring (bicyclic) bond motifs is 1. The van der Waals surface area contributed by atoms with Crippen molar-refractivity contribution in [3.63, 3.8) is 0 Å². The molecule has 1 aliphatic rings. The maximum absolute atomic E-state index is 13.8. The van der Waals surface area contributed by atoms with Crippen molar-refractivity contribution in [1.82, 2.24) is 20.6 Å². The van der Waals surface area contributed by atoms with Crippen molar-refractivity contribution in [3.05, 3.63) is 83.9 Å². The van der Waals surface area contributed by atoms with Crippen LogP contribution in [-0.4, -0.2) is 32.4 Å². The lowest BCUT2D eigenvalue weighted by molar-refractivity contribution is -0.132. The van der Waals surface area contributed by atoms with Gasteiger partial charge in [-0.25, -0.2) is 0 Å². The summed E-state index contributed by atoms with van der Waals surface area (Å²) in [5, 5.41) is 14.4. The van der Waals surface area contributed by atoms with Crippen molar-refractivity contribution < 1.29 is 9.59 Å². The summed E-state index contributed by atoms with van der Waals surface area (Å²) in [4.78, 5) is 27.7. The molecule has 0 fully saturated rings. The monoisotopic (exact) mass is 480 g/mol. The van der Waals surface area contributed by atoms with E-state index in [1.165, 1.54) is 0 Å². The Kier molecular flexibility index (Phi) is 6.58. The number of tetrazole rings is 1. The first-order valence-corrected chi connectivity index (χ1v) is 12.2. The number of aromatic amines is 1. The second-order valence-electron chi connectivity index (χ2n) is 9.09. The molecular formula is C28H28N6O2. The number of primary amides is 1. The minimum Gasteiger partial charge on any atom is -0.369 e. The maximum atomic E-state index is 13.8. The van der Waals surface area contributed by atoms with Crippen molar-refractivity contribution in [3.8, 4) is 22.5 Å². The van der Waals surface area contributed by atoms with Gasteiger partial charge in [0.25, 0.3) is 0 Å². The molecule has 8 heteroatoms. The molecule has 0 aliphatic carbocycles. The topological polar surface area (TPSA) is 118 Å². The van der Waals surface area contributed by atoms with Crippen LogP contribution in [0.1, 0.15) is 30.9 Å². The van der Waals surface area contributed by atoms with E-state index >= 15 is 0 Å². The van der Waals surface area contributed by atoms with Crippen LogP contribution in [0.5, 0.6) is 0 Å². The SMILES string of the molecule is CCC(C(N)=O)[C@H]1CCc2ccccc2N(Cc2ccc(-c3ccccc3-c3nn[nH]n3)cc2)C1=O. The van der Waals surface area contributed by atoms with Gasteiger partial charge in [-0.3, -0.25) is 9.59 Å². The second-order valence-corrected chi connectivity index (χ2v) is 9.09. The number of nitrogens with two attached hydrogens (primary N) is 1. The standard InChI is InChI=1S/C28H28N6O2/c1-2-21(26(29)35)24-16-15-20-7-3-6-10-25(20)34(28(24)36)17-18-11-13-19(14-12-18)22-8-4-5-9-23(22)27-30-32-33-31-27/h3-14,21,24H,2,15-17H2,1H3,(H2,29,35)(H,30,31,32,33)/t21?,24-/m1/s1. The van der Waals surface area contributed by atoms with Crippen LogP contribution in [-0.2, 0) is 22.6 Å². The molecule has 5 rings (SSSR count). The zero-order valence-electron chi connectivity index (χ0n) is 20.1. The van der Waals surface area contributed by atoms with E-state index in [0.29, 0.717) is 25.2 Å². The van der Waals surface area contributed by atoms with E-state index in [2.05, 4.69) is 26.7 Å². The number of aromatic nitrogens is 4. The lowest BCUT2D eigenvalue weighted by Crippen LogP contribution is -2.41. The van der Waals surface area contributed by atoms with Gasteiger partial charge in [0.2, 0.25) is 17.6 Å². The van der Waals surface area contributed by atoms with E-state index in [9.17, 15) is 9.59 Å². The van der Waals surface area contributed by atoms with Gasteiger partial charge in [-0.05, 0) is 52.8 Å². The number of rotatable bonds is 7. The minimum absolute atomic E-state index is 0.0443. The highest BCUT2D eigenvalue weighted by Crippen LogP contribution is 2.35. The van der Waals surface area contributed by atoms with Gasteiger partial charge in [-0.1, -0.05) is 73.7 Å². The number of nitrogens with one attached hydrogen (secondary N) is 1. The van der Waals surface area contributed by atoms with Gasteiger partial charge in [0.1, 0.15) is 0 Å². The number of hydrogen-bond acceptors (Lipinski definition) is 5. The van der Waals surface area contributed by atoms with Crippen molar-refractivity contribution in [2.75, 3.05) is 4.90 Å². The first-order valence-electron chi connectivity index (χ1n) is 12.2. The molecule has 8 nitrogen and oxygen atoms in total. The van der Waals surface area contributed by atoms with Gasteiger partial charge in [0.15, 0.2) is 0 Å². The van der Waals surface area contributed by atoms with Crippen LogP contribution in [0.3, 0.4) is 0 Å². The van der Waals surface area contributed by atoms with Gasteiger partial charge in [-0.2, -0.15) is 5.21 Å². The highest BCUT2D eigenvalue weighted by Gasteiger charge is 2.37. The van der Waals surface area contributed by atoms with Crippen LogP contribution in [0.25, 0.3) is 22.5 Å². The Morgan fingerprint density at radius 2 is 1.78 bits per heavy atom. The molecule has 4 aromatic rings. The minimum atomic E-state index is -0.474. The number of carbonyl (C=O) groups excluding carboxylic acids is 2. The number of hydrogen-bond donors (Lipinski definition) is 2. The number of H-pyrrole nitrogens is 1. The predicted molar refractivity (Wildman–Crippen MR) is 137 cm³/mol. The highest BCUT2D eigenvalue weighted by atomic mass is 16.2. The number of anilines is 1. The van der Waals surface area contributed by atoms with E-state index in [-0.39, 0.29) is 5.91 Å². The number of nitrogens with zero attached hydrogens (tertiary/aromatic N) is 4. The fourth-order valence-electron chi connectivity index (χ4n) is 5.14. The fraction of sp³-hybridized carbons (Fsp3) is 0.250. The Morgan fingerprint density at radius 3 is 2.47 bits per heavy atom. The van der Waals surface area contributed by atoms with E-state index in [4.69, 9.17) is 5.73 Å². The summed E-state index contributed by atoms with van der Waals surface area (Å²) < 4.78 is 0. The largest absolute Gasteiger partial charge is 0.369 e. The number of benzene rings is 3. The molecule has 3 aromatic carbocycles. The summed E-state index contributed by atoms with van der Waals surface area (Å²) in [6.07, 6.45) is 1.89. The fourth-order valence-corrected chi connectivity index (χ4v) is 5.14. The molecule has 2 atom stereocenters. The summed E-state index contributed by atoms with van der Waals surface area (Å²) >= 11 is 0. The Hall–Kier alpha value is -4.33. The van der Waals surface area contributed by atoms with Gasteiger partial charge in [-0.15, -0.1) is 10.2 Å². The van der Waals surface area contributed by atoms with Crippen LogP contribution in [0.4, 0.5) is 5.69 Å². The zero-order chi connectivity index (χ0) is 25.1. The van der Waals surface area contributed by atoms with E-state index in [0.717, 1.165) is 39.9 Å². The maximum Gasteiger partial charge on any atom is 0.231 e. The third kappa shape index (κ3) is 4.49. The van der Waals surface area contributed by atoms with E-state index in [1.54, 1.807) is 0 Å². The van der Waals surface area contributed by atoms with Crippen molar-refractivity contribution in [2.45, 2.75) is 32.7 Å². The molecule has 3 N–H and O–H groups in total. The van der Waals surface area contributed by atoms with Gasteiger partial charge in [0.05, 0.1) is 12.5 Å². The van der Waals surface area contributed by atoms with Crippen molar-refractivity contribution in [2.24, 2.45) is 17.6 Å². The number of para-hydroxylation sites is 1. The molecule has 1 aromatic heterocycles. The predicted octanol–water partition coefficient (Wildman–Crippen LogP) is 4.14. The summed E-state index contributed by atoms with van der Waals surface area (Å²) in [5.74, 6) is -0.824. The average molecular weight is 481 g/mol. The molecule has 182 valence electrons. The Balaban J connectivity index is 1.46.